The van der Waals surface area contributed by atoms with Crippen molar-refractivity contribution in [2.24, 2.45) is 5.84 Å². The van der Waals surface area contributed by atoms with Crippen molar-refractivity contribution in [3.63, 3.8) is 0 Å². The largest absolute Gasteiger partial charge is 0.375 e. The molecule has 1 saturated heterocycles. The summed E-state index contributed by atoms with van der Waals surface area (Å²) >= 11 is 1.79. The lowest BCUT2D eigenvalue weighted by molar-refractivity contribution is 0.0471. The molecule has 1 aliphatic heterocycles. The van der Waals surface area contributed by atoms with Crippen LogP contribution in [0.15, 0.2) is 18.2 Å². The van der Waals surface area contributed by atoms with E-state index < -0.39 is 11.6 Å². The van der Waals surface area contributed by atoms with Gasteiger partial charge in [0.05, 0.1) is 18.8 Å². The number of ether oxygens (including phenoxy) is 1. The summed E-state index contributed by atoms with van der Waals surface area (Å²) in [5, 5.41) is 0. The summed E-state index contributed by atoms with van der Waals surface area (Å²) < 4.78 is 31.8. The van der Waals surface area contributed by atoms with Crippen molar-refractivity contribution in [2.45, 2.75) is 18.6 Å². The highest BCUT2D eigenvalue weighted by Gasteiger charge is 2.24. The minimum Gasteiger partial charge on any atom is -0.375 e. The highest BCUT2D eigenvalue weighted by Crippen LogP contribution is 2.18. The Hall–Kier alpha value is -0.690. The fourth-order valence-corrected chi connectivity index (χ4v) is 2.96. The number of hydrogen-bond acceptors (Lipinski definition) is 4. The summed E-state index contributed by atoms with van der Waals surface area (Å²) in [4.78, 5) is 0. The standard InChI is InChI=1S/C12H16F2N2OS/c13-9-3-8(4-10(14)6-9)5-11(16-15)12-7-18-2-1-17-12/h3-4,6,11-12,16H,1-2,5,7,15H2. The normalized spacial score (nSPS) is 21.8. The molecule has 3 nitrogen and oxygen atoms in total. The van der Waals surface area contributed by atoms with E-state index in [4.69, 9.17) is 10.6 Å². The number of hydrogen-bond donors (Lipinski definition) is 2. The number of hydrazine groups is 1. The fraction of sp³-hybridized carbons (Fsp3) is 0.500. The zero-order valence-corrected chi connectivity index (χ0v) is 10.7. The van der Waals surface area contributed by atoms with Gasteiger partial charge in [0.15, 0.2) is 0 Å². The van der Waals surface area contributed by atoms with Crippen LogP contribution in [0.4, 0.5) is 8.78 Å². The van der Waals surface area contributed by atoms with E-state index in [0.29, 0.717) is 18.6 Å². The van der Waals surface area contributed by atoms with E-state index >= 15 is 0 Å². The van der Waals surface area contributed by atoms with Crippen LogP contribution in [0.5, 0.6) is 0 Å². The molecule has 0 bridgehead atoms. The molecule has 1 aromatic carbocycles. The summed E-state index contributed by atoms with van der Waals surface area (Å²) in [5.41, 5.74) is 3.25. The van der Waals surface area contributed by atoms with Crippen molar-refractivity contribution < 1.29 is 13.5 Å². The van der Waals surface area contributed by atoms with Crippen molar-refractivity contribution in [2.75, 3.05) is 18.1 Å². The Balaban J connectivity index is 2.04. The first-order valence-electron chi connectivity index (χ1n) is 5.79. The van der Waals surface area contributed by atoms with Crippen LogP contribution in [0.1, 0.15) is 5.56 Å². The minimum absolute atomic E-state index is 0.0277. The van der Waals surface area contributed by atoms with Gasteiger partial charge < -0.3 is 4.74 Å². The first kappa shape index (κ1) is 13.7. The van der Waals surface area contributed by atoms with Crippen molar-refractivity contribution in [1.82, 2.24) is 5.43 Å². The molecule has 2 rings (SSSR count). The molecule has 1 fully saturated rings. The smallest absolute Gasteiger partial charge is 0.126 e. The van der Waals surface area contributed by atoms with Gasteiger partial charge in [0.1, 0.15) is 11.6 Å². The first-order valence-corrected chi connectivity index (χ1v) is 6.95. The van der Waals surface area contributed by atoms with Gasteiger partial charge in [0.25, 0.3) is 0 Å². The monoisotopic (exact) mass is 274 g/mol. The average Bonchev–Trinajstić information content (AvgIpc) is 2.36. The second-order valence-corrected chi connectivity index (χ2v) is 5.39. The van der Waals surface area contributed by atoms with Crippen LogP contribution in [0, 0.1) is 11.6 Å². The van der Waals surface area contributed by atoms with E-state index in [1.807, 2.05) is 0 Å². The molecular formula is C12H16F2N2OS. The maximum Gasteiger partial charge on any atom is 0.126 e. The third kappa shape index (κ3) is 3.65. The number of rotatable bonds is 4. The van der Waals surface area contributed by atoms with Crippen molar-refractivity contribution >= 4 is 11.8 Å². The van der Waals surface area contributed by atoms with Gasteiger partial charge in [0, 0.05) is 17.6 Å². The lowest BCUT2D eigenvalue weighted by atomic mass is 10.0. The Morgan fingerprint density at radius 2 is 2.11 bits per heavy atom. The lowest BCUT2D eigenvalue weighted by Gasteiger charge is -2.29. The molecule has 100 valence electrons. The highest BCUT2D eigenvalue weighted by atomic mass is 32.2. The second kappa shape index (κ2) is 6.47. The molecule has 2 atom stereocenters. The molecule has 6 heteroatoms. The maximum absolute atomic E-state index is 13.1. The van der Waals surface area contributed by atoms with Crippen LogP contribution in [0.2, 0.25) is 0 Å². The summed E-state index contributed by atoms with van der Waals surface area (Å²) in [5.74, 6) is 6.18. The molecule has 1 aromatic rings. The predicted octanol–water partition coefficient (Wildman–Crippen LogP) is 1.47. The van der Waals surface area contributed by atoms with Crippen LogP contribution in [-0.2, 0) is 11.2 Å². The van der Waals surface area contributed by atoms with Crippen LogP contribution in [0.25, 0.3) is 0 Å². The quantitative estimate of drug-likeness (QED) is 0.645. The molecule has 1 heterocycles. The number of nitrogens with one attached hydrogen (secondary N) is 1. The zero-order valence-electron chi connectivity index (χ0n) is 9.86. The van der Waals surface area contributed by atoms with Gasteiger partial charge in [-0.3, -0.25) is 11.3 Å². The molecule has 1 aliphatic rings. The Kier molecular flexibility index (Phi) is 4.94. The molecule has 0 aliphatic carbocycles. The third-order valence-electron chi connectivity index (χ3n) is 2.88. The Morgan fingerprint density at radius 1 is 1.39 bits per heavy atom. The number of thioether (sulfide) groups is 1. The van der Waals surface area contributed by atoms with Crippen molar-refractivity contribution in [3.8, 4) is 0 Å². The van der Waals surface area contributed by atoms with E-state index in [0.717, 1.165) is 17.6 Å². The van der Waals surface area contributed by atoms with E-state index in [-0.39, 0.29) is 12.1 Å². The SMILES string of the molecule is NNC(Cc1cc(F)cc(F)c1)C1CSCCO1. The molecule has 3 N–H and O–H groups in total. The van der Waals surface area contributed by atoms with Crippen molar-refractivity contribution in [3.05, 3.63) is 35.4 Å². The number of benzene rings is 1. The predicted molar refractivity (Wildman–Crippen MR) is 68.2 cm³/mol. The molecule has 0 aromatic heterocycles. The van der Waals surface area contributed by atoms with Gasteiger partial charge in [-0.2, -0.15) is 11.8 Å². The zero-order chi connectivity index (χ0) is 13.0. The molecular weight excluding hydrogens is 258 g/mol. The van der Waals surface area contributed by atoms with E-state index in [9.17, 15) is 8.78 Å². The second-order valence-electron chi connectivity index (χ2n) is 4.24. The first-order chi connectivity index (χ1) is 8.69. The summed E-state index contributed by atoms with van der Waals surface area (Å²) in [6.45, 7) is 0.686. The van der Waals surface area contributed by atoms with Gasteiger partial charge in [-0.25, -0.2) is 8.78 Å². The topological polar surface area (TPSA) is 47.3 Å². The van der Waals surface area contributed by atoms with Gasteiger partial charge in [0.2, 0.25) is 0 Å². The minimum atomic E-state index is -0.570. The van der Waals surface area contributed by atoms with Gasteiger partial charge in [-0.15, -0.1) is 0 Å². The number of halogens is 2. The van der Waals surface area contributed by atoms with Gasteiger partial charge in [-0.1, -0.05) is 0 Å². The van der Waals surface area contributed by atoms with Crippen molar-refractivity contribution in [1.29, 1.82) is 0 Å². The lowest BCUT2D eigenvalue weighted by Crippen LogP contribution is -2.49. The maximum atomic E-state index is 13.1. The van der Waals surface area contributed by atoms with Crippen LogP contribution >= 0.6 is 11.8 Å². The molecule has 0 radical (unpaired) electrons. The van der Waals surface area contributed by atoms with Gasteiger partial charge in [-0.05, 0) is 24.1 Å². The van der Waals surface area contributed by atoms with E-state index in [2.05, 4.69) is 5.43 Å². The molecule has 0 amide bonds. The third-order valence-corrected chi connectivity index (χ3v) is 3.90. The molecule has 0 spiro atoms. The van der Waals surface area contributed by atoms with Crippen LogP contribution < -0.4 is 11.3 Å². The average molecular weight is 274 g/mol. The van der Waals surface area contributed by atoms with E-state index in [1.54, 1.807) is 11.8 Å². The Bertz CT molecular complexity index is 379. The molecule has 2 unspecified atom stereocenters. The molecule has 0 saturated carbocycles. The van der Waals surface area contributed by atoms with E-state index in [1.165, 1.54) is 12.1 Å². The summed E-state index contributed by atoms with van der Waals surface area (Å²) in [6, 6.07) is 3.37. The number of nitrogens with two attached hydrogens (primary N) is 1. The van der Waals surface area contributed by atoms with Crippen LogP contribution in [-0.4, -0.2) is 30.3 Å². The van der Waals surface area contributed by atoms with Gasteiger partial charge >= 0.3 is 0 Å². The summed E-state index contributed by atoms with van der Waals surface area (Å²) in [7, 11) is 0. The Labute approximate surface area is 109 Å². The summed E-state index contributed by atoms with van der Waals surface area (Å²) in [6.07, 6.45) is 0.413. The Morgan fingerprint density at radius 3 is 2.67 bits per heavy atom. The molecule has 18 heavy (non-hydrogen) atoms. The van der Waals surface area contributed by atoms with Crippen LogP contribution in [0.3, 0.4) is 0 Å². The highest BCUT2D eigenvalue weighted by molar-refractivity contribution is 7.99. The fourth-order valence-electron chi connectivity index (χ4n) is 2.02.